The van der Waals surface area contributed by atoms with Gasteiger partial charge in [-0.3, -0.25) is 4.79 Å². The van der Waals surface area contributed by atoms with Gasteiger partial charge in [0.25, 0.3) is 5.91 Å². The largest absolute Gasteiger partial charge is 0.350 e. The van der Waals surface area contributed by atoms with Gasteiger partial charge < -0.3 is 5.32 Å². The summed E-state index contributed by atoms with van der Waals surface area (Å²) >= 11 is 2.91. The van der Waals surface area contributed by atoms with Crippen molar-refractivity contribution >= 4 is 38.6 Å². The highest BCUT2D eigenvalue weighted by Crippen LogP contribution is 2.29. The minimum atomic E-state index is -3.23. The molecule has 9 heteroatoms. The molecule has 2 rings (SSSR count). The van der Waals surface area contributed by atoms with Crippen molar-refractivity contribution in [2.24, 2.45) is 0 Å². The van der Waals surface area contributed by atoms with Crippen LogP contribution in [0.15, 0.2) is 16.8 Å². The molecule has 0 saturated heterocycles. The van der Waals surface area contributed by atoms with Crippen LogP contribution in [0.25, 0.3) is 10.6 Å². The number of nitrogens with zero attached hydrogens (tertiary/aromatic N) is 1. The molecule has 0 aliphatic heterocycles. The molecule has 1 amide bonds. The van der Waals surface area contributed by atoms with Crippen LogP contribution in [0.3, 0.4) is 0 Å². The molecule has 0 bridgehead atoms. The van der Waals surface area contributed by atoms with Crippen LogP contribution in [0.5, 0.6) is 0 Å². The quantitative estimate of drug-likeness (QED) is 0.776. The molecule has 0 aromatic carbocycles. The molecule has 0 atom stereocenters. The Morgan fingerprint density at radius 2 is 2.14 bits per heavy atom. The third-order valence-corrected chi connectivity index (χ3v) is 5.16. The van der Waals surface area contributed by atoms with Gasteiger partial charge >= 0.3 is 0 Å². The van der Waals surface area contributed by atoms with E-state index in [2.05, 4.69) is 15.0 Å². The minimum Gasteiger partial charge on any atom is -0.350 e. The second-order valence-electron chi connectivity index (χ2n) is 4.37. The van der Waals surface area contributed by atoms with Crippen LogP contribution in [0.1, 0.15) is 15.4 Å². The van der Waals surface area contributed by atoms with Crippen LogP contribution in [0, 0.1) is 6.92 Å². The van der Waals surface area contributed by atoms with Crippen molar-refractivity contribution in [1.29, 1.82) is 0 Å². The maximum atomic E-state index is 12.1. The third kappa shape index (κ3) is 4.60. The number of hydrogen-bond acceptors (Lipinski definition) is 6. The molecule has 2 heterocycles. The van der Waals surface area contributed by atoms with E-state index in [-0.39, 0.29) is 19.0 Å². The van der Waals surface area contributed by atoms with Crippen molar-refractivity contribution in [3.63, 3.8) is 0 Å². The predicted octanol–water partition coefficient (Wildman–Crippen LogP) is 1.46. The lowest BCUT2D eigenvalue weighted by Gasteiger charge is -2.04. The van der Waals surface area contributed by atoms with Gasteiger partial charge in [0.1, 0.15) is 9.88 Å². The summed E-state index contributed by atoms with van der Waals surface area (Å²) in [6.07, 6.45) is 1.08. The van der Waals surface area contributed by atoms with Crippen molar-refractivity contribution in [3.05, 3.63) is 27.4 Å². The Morgan fingerprint density at radius 3 is 2.76 bits per heavy atom. The van der Waals surface area contributed by atoms with Crippen LogP contribution >= 0.6 is 22.7 Å². The average molecular weight is 345 g/mol. The molecule has 2 aromatic heterocycles. The maximum Gasteiger partial charge on any atom is 0.263 e. The smallest absolute Gasteiger partial charge is 0.263 e. The molecule has 0 aliphatic rings. The number of thiophene rings is 1. The number of sulfonamides is 1. The number of carbonyl (C=O) groups is 1. The van der Waals surface area contributed by atoms with Crippen molar-refractivity contribution in [2.45, 2.75) is 6.92 Å². The highest BCUT2D eigenvalue weighted by molar-refractivity contribution is 7.88. The molecule has 2 N–H and O–H groups in total. The van der Waals surface area contributed by atoms with Crippen LogP contribution in [0.4, 0.5) is 0 Å². The number of rotatable bonds is 6. The summed E-state index contributed by atoms with van der Waals surface area (Å²) in [6.45, 7) is 2.19. The number of carbonyl (C=O) groups excluding carboxylic acids is 1. The summed E-state index contributed by atoms with van der Waals surface area (Å²) < 4.78 is 24.1. The molecule has 0 aliphatic carbocycles. The summed E-state index contributed by atoms with van der Waals surface area (Å²) in [6, 6.07) is 1.96. The Kier molecular flexibility index (Phi) is 5.09. The zero-order chi connectivity index (χ0) is 15.5. The minimum absolute atomic E-state index is 0.166. The van der Waals surface area contributed by atoms with E-state index in [4.69, 9.17) is 0 Å². The van der Waals surface area contributed by atoms with Gasteiger partial charge in [-0.25, -0.2) is 18.1 Å². The first kappa shape index (κ1) is 16.1. The molecule has 2 aromatic rings. The number of aryl methyl sites for hydroxylation is 1. The highest BCUT2D eigenvalue weighted by atomic mass is 32.2. The molecular formula is C12H15N3O3S3. The number of thiazole rings is 1. The molecule has 114 valence electrons. The summed E-state index contributed by atoms with van der Waals surface area (Å²) in [7, 11) is -3.23. The monoisotopic (exact) mass is 345 g/mol. The van der Waals surface area contributed by atoms with Gasteiger partial charge in [0.15, 0.2) is 0 Å². The van der Waals surface area contributed by atoms with E-state index in [0.29, 0.717) is 10.6 Å². The first-order chi connectivity index (χ1) is 9.87. The topological polar surface area (TPSA) is 88.2 Å². The Balaban J connectivity index is 1.97. The van der Waals surface area contributed by atoms with Crippen LogP contribution < -0.4 is 10.0 Å². The lowest BCUT2D eigenvalue weighted by atomic mass is 10.3. The van der Waals surface area contributed by atoms with E-state index in [1.807, 2.05) is 16.8 Å². The number of amides is 1. The normalized spacial score (nSPS) is 11.5. The van der Waals surface area contributed by atoms with E-state index in [9.17, 15) is 13.2 Å². The van der Waals surface area contributed by atoms with E-state index in [1.165, 1.54) is 11.3 Å². The van der Waals surface area contributed by atoms with Gasteiger partial charge in [-0.2, -0.15) is 11.3 Å². The SMILES string of the molecule is Cc1nc(-c2ccsc2)sc1C(=O)NCCNS(C)(=O)=O. The van der Waals surface area contributed by atoms with E-state index in [1.54, 1.807) is 18.3 Å². The Labute approximate surface area is 131 Å². The average Bonchev–Trinajstić information content (AvgIpc) is 3.02. The van der Waals surface area contributed by atoms with E-state index in [0.717, 1.165) is 16.8 Å². The number of hydrogen-bond donors (Lipinski definition) is 2. The Morgan fingerprint density at radius 1 is 1.38 bits per heavy atom. The molecule has 0 fully saturated rings. The summed E-state index contributed by atoms with van der Waals surface area (Å²) in [5.41, 5.74) is 1.68. The fraction of sp³-hybridized carbons (Fsp3) is 0.333. The number of nitrogens with one attached hydrogen (secondary N) is 2. The zero-order valence-corrected chi connectivity index (χ0v) is 14.0. The van der Waals surface area contributed by atoms with Gasteiger partial charge in [-0.1, -0.05) is 0 Å². The Hall–Kier alpha value is -1.29. The molecule has 0 unspecified atom stereocenters. The maximum absolute atomic E-state index is 12.1. The standard InChI is InChI=1S/C12H15N3O3S3/c1-8-10(11(16)13-4-5-14-21(2,17)18)20-12(15-8)9-3-6-19-7-9/h3,6-7,14H,4-5H2,1-2H3,(H,13,16). The molecular weight excluding hydrogens is 330 g/mol. The van der Waals surface area contributed by atoms with E-state index < -0.39 is 10.0 Å². The van der Waals surface area contributed by atoms with Crippen molar-refractivity contribution in [3.8, 4) is 10.6 Å². The van der Waals surface area contributed by atoms with Crippen molar-refractivity contribution < 1.29 is 13.2 Å². The van der Waals surface area contributed by atoms with Gasteiger partial charge in [0.05, 0.1) is 11.9 Å². The number of aromatic nitrogens is 1. The lowest BCUT2D eigenvalue weighted by molar-refractivity contribution is 0.0957. The van der Waals surface area contributed by atoms with Crippen molar-refractivity contribution in [1.82, 2.24) is 15.0 Å². The second kappa shape index (κ2) is 6.65. The zero-order valence-electron chi connectivity index (χ0n) is 11.5. The van der Waals surface area contributed by atoms with Crippen LogP contribution in [0.2, 0.25) is 0 Å². The van der Waals surface area contributed by atoms with Gasteiger partial charge in [-0.15, -0.1) is 11.3 Å². The molecule has 6 nitrogen and oxygen atoms in total. The fourth-order valence-corrected chi connectivity index (χ4v) is 3.78. The van der Waals surface area contributed by atoms with Gasteiger partial charge in [0, 0.05) is 24.0 Å². The van der Waals surface area contributed by atoms with Crippen LogP contribution in [-0.2, 0) is 10.0 Å². The molecule has 0 radical (unpaired) electrons. The van der Waals surface area contributed by atoms with Gasteiger partial charge in [0.2, 0.25) is 10.0 Å². The summed E-state index contributed by atoms with van der Waals surface area (Å²) in [4.78, 5) is 17.0. The van der Waals surface area contributed by atoms with E-state index >= 15 is 0 Å². The molecule has 0 saturated carbocycles. The van der Waals surface area contributed by atoms with Crippen LogP contribution in [-0.4, -0.2) is 38.7 Å². The highest BCUT2D eigenvalue weighted by Gasteiger charge is 2.16. The Bertz CT molecular complexity index is 720. The lowest BCUT2D eigenvalue weighted by Crippen LogP contribution is -2.34. The summed E-state index contributed by atoms with van der Waals surface area (Å²) in [5.74, 6) is -0.234. The predicted molar refractivity (Wildman–Crippen MR) is 85.3 cm³/mol. The second-order valence-corrected chi connectivity index (χ2v) is 7.98. The first-order valence-corrected chi connectivity index (χ1v) is 9.75. The summed E-state index contributed by atoms with van der Waals surface area (Å²) in [5, 5.41) is 7.43. The third-order valence-electron chi connectivity index (χ3n) is 2.55. The first-order valence-electron chi connectivity index (χ1n) is 6.09. The van der Waals surface area contributed by atoms with Crippen molar-refractivity contribution in [2.75, 3.05) is 19.3 Å². The molecule has 0 spiro atoms. The molecule has 21 heavy (non-hydrogen) atoms. The van der Waals surface area contributed by atoms with Gasteiger partial charge in [-0.05, 0) is 18.4 Å². The fourth-order valence-electron chi connectivity index (χ4n) is 1.61.